The first kappa shape index (κ1) is 10.3. The number of rotatable bonds is 2. The van der Waals surface area contributed by atoms with Crippen molar-refractivity contribution < 1.29 is 0 Å². The number of allylic oxidation sites excluding steroid dienone is 6. The minimum atomic E-state index is 0.327. The molecule has 0 nitrogen and oxygen atoms in total. The summed E-state index contributed by atoms with van der Waals surface area (Å²) in [4.78, 5) is 0. The third-order valence-electron chi connectivity index (χ3n) is 3.00. The molecule has 0 bridgehead atoms. The van der Waals surface area contributed by atoms with Crippen molar-refractivity contribution in [3.8, 4) is 0 Å². The lowest BCUT2D eigenvalue weighted by molar-refractivity contribution is 0.441. The van der Waals surface area contributed by atoms with Gasteiger partial charge in [-0.1, -0.05) is 44.6 Å². The second kappa shape index (κ2) is 3.53. The van der Waals surface area contributed by atoms with Crippen LogP contribution in [0.15, 0.2) is 34.9 Å². The normalized spacial score (nSPS) is 16.4. The first-order valence-electron chi connectivity index (χ1n) is 5.05. The van der Waals surface area contributed by atoms with Crippen molar-refractivity contribution in [1.29, 1.82) is 0 Å². The molecule has 0 heteroatoms. The van der Waals surface area contributed by atoms with Gasteiger partial charge in [-0.25, -0.2) is 0 Å². The van der Waals surface area contributed by atoms with Crippen LogP contribution in [0.3, 0.4) is 0 Å². The molecule has 0 aliphatic heterocycles. The average Bonchev–Trinajstić information content (AvgIpc) is 2.52. The molecule has 0 saturated heterocycles. The van der Waals surface area contributed by atoms with Gasteiger partial charge in [0.15, 0.2) is 0 Å². The highest BCUT2D eigenvalue weighted by atomic mass is 14.3. The maximum Gasteiger partial charge on any atom is -0.0106 e. The summed E-state index contributed by atoms with van der Waals surface area (Å²) in [6.45, 7) is 11.2. The maximum atomic E-state index is 2.32. The van der Waals surface area contributed by atoms with Gasteiger partial charge >= 0.3 is 0 Å². The molecule has 0 aromatic carbocycles. The molecule has 0 aromatic rings. The zero-order valence-electron chi connectivity index (χ0n) is 9.44. The topological polar surface area (TPSA) is 0 Å². The van der Waals surface area contributed by atoms with E-state index < -0.39 is 0 Å². The van der Waals surface area contributed by atoms with Crippen molar-refractivity contribution in [2.24, 2.45) is 5.41 Å². The van der Waals surface area contributed by atoms with E-state index in [4.69, 9.17) is 0 Å². The van der Waals surface area contributed by atoms with Gasteiger partial charge in [0.2, 0.25) is 0 Å². The number of hydrogen-bond donors (Lipinski definition) is 0. The second-order valence-corrected chi connectivity index (χ2v) is 4.63. The second-order valence-electron chi connectivity index (χ2n) is 4.63. The predicted octanol–water partition coefficient (Wildman–Crippen LogP) is 4.26. The third kappa shape index (κ3) is 2.12. The Bertz CT molecular complexity index is 281. The molecule has 0 spiro atoms. The van der Waals surface area contributed by atoms with Gasteiger partial charge in [-0.05, 0) is 36.8 Å². The van der Waals surface area contributed by atoms with Gasteiger partial charge < -0.3 is 0 Å². The van der Waals surface area contributed by atoms with Crippen LogP contribution in [0.1, 0.15) is 41.0 Å². The summed E-state index contributed by atoms with van der Waals surface area (Å²) in [5.41, 5.74) is 4.58. The van der Waals surface area contributed by atoms with Crippen LogP contribution in [0, 0.1) is 5.41 Å². The smallest absolute Gasteiger partial charge is 0.0106 e. The molecule has 0 saturated carbocycles. The molecule has 0 radical (unpaired) electrons. The van der Waals surface area contributed by atoms with Crippen molar-refractivity contribution in [2.75, 3.05) is 0 Å². The SMILES string of the molecule is CCC(C)(C)C1=CC(=C(C)C)C=C1. The monoisotopic (exact) mass is 176 g/mol. The van der Waals surface area contributed by atoms with Crippen LogP contribution in [0.25, 0.3) is 0 Å². The zero-order chi connectivity index (χ0) is 10.1. The van der Waals surface area contributed by atoms with E-state index in [1.807, 2.05) is 0 Å². The van der Waals surface area contributed by atoms with Crippen LogP contribution in [-0.4, -0.2) is 0 Å². The summed E-state index contributed by atoms with van der Waals surface area (Å²) in [6, 6.07) is 0. The Labute approximate surface area is 82.0 Å². The Kier molecular flexibility index (Phi) is 2.80. The van der Waals surface area contributed by atoms with Crippen LogP contribution in [0.5, 0.6) is 0 Å². The average molecular weight is 176 g/mol. The molecule has 1 aliphatic rings. The van der Waals surface area contributed by atoms with Gasteiger partial charge in [-0.15, -0.1) is 0 Å². The van der Waals surface area contributed by atoms with Crippen molar-refractivity contribution in [1.82, 2.24) is 0 Å². The quantitative estimate of drug-likeness (QED) is 0.590. The molecule has 0 N–H and O–H groups in total. The van der Waals surface area contributed by atoms with Crippen LogP contribution >= 0.6 is 0 Å². The van der Waals surface area contributed by atoms with Gasteiger partial charge in [0.05, 0.1) is 0 Å². The highest BCUT2D eigenvalue weighted by Gasteiger charge is 2.21. The molecule has 13 heavy (non-hydrogen) atoms. The van der Waals surface area contributed by atoms with Crippen LogP contribution in [-0.2, 0) is 0 Å². The van der Waals surface area contributed by atoms with Crippen molar-refractivity contribution in [3.63, 3.8) is 0 Å². The Morgan fingerprint density at radius 2 is 1.85 bits per heavy atom. The summed E-state index contributed by atoms with van der Waals surface area (Å²) in [5, 5.41) is 0. The minimum absolute atomic E-state index is 0.327. The van der Waals surface area contributed by atoms with Gasteiger partial charge in [0.25, 0.3) is 0 Å². The molecule has 0 amide bonds. The highest BCUT2D eigenvalue weighted by Crippen LogP contribution is 2.35. The summed E-state index contributed by atoms with van der Waals surface area (Å²) < 4.78 is 0. The predicted molar refractivity (Wildman–Crippen MR) is 59.7 cm³/mol. The van der Waals surface area contributed by atoms with E-state index in [0.29, 0.717) is 5.41 Å². The van der Waals surface area contributed by atoms with Crippen molar-refractivity contribution in [3.05, 3.63) is 34.9 Å². The minimum Gasteiger partial charge on any atom is -0.0692 e. The summed E-state index contributed by atoms with van der Waals surface area (Å²) >= 11 is 0. The van der Waals surface area contributed by atoms with Crippen LogP contribution < -0.4 is 0 Å². The van der Waals surface area contributed by atoms with Crippen molar-refractivity contribution in [2.45, 2.75) is 41.0 Å². The van der Waals surface area contributed by atoms with E-state index >= 15 is 0 Å². The Balaban J connectivity index is 2.96. The van der Waals surface area contributed by atoms with Gasteiger partial charge in [0, 0.05) is 0 Å². The molecule has 0 unspecified atom stereocenters. The zero-order valence-corrected chi connectivity index (χ0v) is 9.44. The first-order valence-corrected chi connectivity index (χ1v) is 5.05. The van der Waals surface area contributed by atoms with E-state index in [2.05, 4.69) is 52.8 Å². The molecule has 1 aliphatic carbocycles. The van der Waals surface area contributed by atoms with E-state index in [-0.39, 0.29) is 0 Å². The number of hydrogen-bond acceptors (Lipinski definition) is 0. The molecule has 0 fully saturated rings. The highest BCUT2D eigenvalue weighted by molar-refractivity contribution is 5.49. The van der Waals surface area contributed by atoms with Gasteiger partial charge in [0.1, 0.15) is 0 Å². The fraction of sp³-hybridized carbons (Fsp3) is 0.538. The fourth-order valence-corrected chi connectivity index (χ4v) is 1.38. The molecule has 72 valence electrons. The Hall–Kier alpha value is -0.780. The van der Waals surface area contributed by atoms with Gasteiger partial charge in [-0.3, -0.25) is 0 Å². The Morgan fingerprint density at radius 1 is 1.23 bits per heavy atom. The van der Waals surface area contributed by atoms with E-state index in [0.717, 1.165) is 0 Å². The Morgan fingerprint density at radius 3 is 2.23 bits per heavy atom. The first-order chi connectivity index (χ1) is 5.97. The van der Waals surface area contributed by atoms with E-state index in [9.17, 15) is 0 Å². The summed E-state index contributed by atoms with van der Waals surface area (Å²) in [5.74, 6) is 0. The lowest BCUT2D eigenvalue weighted by Crippen LogP contribution is -2.10. The third-order valence-corrected chi connectivity index (χ3v) is 3.00. The molecule has 0 atom stereocenters. The molecular formula is C13H20. The van der Waals surface area contributed by atoms with Crippen LogP contribution in [0.4, 0.5) is 0 Å². The molecular weight excluding hydrogens is 156 g/mol. The van der Waals surface area contributed by atoms with E-state index in [1.165, 1.54) is 23.1 Å². The van der Waals surface area contributed by atoms with Crippen LogP contribution in [0.2, 0.25) is 0 Å². The van der Waals surface area contributed by atoms with Gasteiger partial charge in [-0.2, -0.15) is 0 Å². The van der Waals surface area contributed by atoms with E-state index in [1.54, 1.807) is 0 Å². The maximum absolute atomic E-state index is 2.32. The summed E-state index contributed by atoms with van der Waals surface area (Å²) in [7, 11) is 0. The summed E-state index contributed by atoms with van der Waals surface area (Å²) in [6.07, 6.45) is 7.99. The molecule has 1 rings (SSSR count). The molecule has 0 heterocycles. The largest absolute Gasteiger partial charge is 0.0692 e. The van der Waals surface area contributed by atoms with Crippen molar-refractivity contribution >= 4 is 0 Å². The lowest BCUT2D eigenvalue weighted by atomic mass is 9.82. The fourth-order valence-electron chi connectivity index (χ4n) is 1.38. The standard InChI is InChI=1S/C13H20/c1-6-13(4,5)12-8-7-11(9-12)10(2)3/h7-9H,6H2,1-5H3. The molecule has 0 aromatic heterocycles. The lowest BCUT2D eigenvalue weighted by Gasteiger charge is -2.22.